The van der Waals surface area contributed by atoms with Crippen molar-refractivity contribution >= 4 is 29.5 Å². The Morgan fingerprint density at radius 2 is 2.14 bits per heavy atom. The van der Waals surface area contributed by atoms with Gasteiger partial charge in [-0.3, -0.25) is 15.4 Å². The molecule has 10 heteroatoms. The molecule has 0 aliphatic heterocycles. The lowest BCUT2D eigenvalue weighted by atomic mass is 10.1. The molecule has 10 nitrogen and oxygen atoms in total. The lowest BCUT2D eigenvalue weighted by Crippen LogP contribution is -2.14. The number of nitrogens with zero attached hydrogens (tertiary/aromatic N) is 3. The highest BCUT2D eigenvalue weighted by Gasteiger charge is 2.12. The van der Waals surface area contributed by atoms with Crippen LogP contribution in [-0.2, 0) is 17.8 Å². The molecule has 0 aliphatic rings. The van der Waals surface area contributed by atoms with Crippen molar-refractivity contribution < 1.29 is 9.59 Å². The third-order valence-corrected chi connectivity index (χ3v) is 3.95. The normalized spacial score (nSPS) is 10.1. The van der Waals surface area contributed by atoms with Crippen LogP contribution in [-0.4, -0.2) is 28.7 Å². The van der Waals surface area contributed by atoms with Crippen molar-refractivity contribution in [3.63, 3.8) is 0 Å². The number of aryl methyl sites for hydroxylation is 1. The molecule has 2 rings (SSSR count). The minimum Gasteiger partial charge on any atom is -0.370 e. The second-order valence-electron chi connectivity index (χ2n) is 5.95. The van der Waals surface area contributed by atoms with E-state index in [4.69, 9.17) is 16.8 Å². The first-order valence-electron chi connectivity index (χ1n) is 8.58. The molecule has 0 saturated carbocycles. The largest absolute Gasteiger partial charge is 0.370 e. The van der Waals surface area contributed by atoms with Gasteiger partial charge in [-0.1, -0.05) is 0 Å². The van der Waals surface area contributed by atoms with Crippen molar-refractivity contribution in [3.8, 4) is 6.07 Å². The number of carbonyl (C=O) groups is 2. The molecule has 0 fully saturated rings. The van der Waals surface area contributed by atoms with Gasteiger partial charge in [0, 0.05) is 32.3 Å². The van der Waals surface area contributed by atoms with E-state index in [2.05, 4.69) is 26.0 Å². The van der Waals surface area contributed by atoms with E-state index >= 15 is 0 Å². The van der Waals surface area contributed by atoms with Crippen LogP contribution in [0.1, 0.15) is 40.5 Å². The van der Waals surface area contributed by atoms with E-state index < -0.39 is 0 Å². The molecule has 0 bridgehead atoms. The highest BCUT2D eigenvalue weighted by Crippen LogP contribution is 2.20. The summed E-state index contributed by atoms with van der Waals surface area (Å²) in [4.78, 5) is 31.0. The number of amides is 1. The van der Waals surface area contributed by atoms with Gasteiger partial charge in [0.2, 0.25) is 5.91 Å². The Labute approximate surface area is 162 Å². The van der Waals surface area contributed by atoms with Gasteiger partial charge in [-0.05, 0) is 30.0 Å². The van der Waals surface area contributed by atoms with Gasteiger partial charge in [0.05, 0.1) is 11.3 Å². The molecule has 7 N–H and O–H groups in total. The van der Waals surface area contributed by atoms with E-state index in [1.165, 1.54) is 13.1 Å². The number of nitriles is 1. The van der Waals surface area contributed by atoms with E-state index in [-0.39, 0.29) is 18.1 Å². The molecule has 0 spiro atoms. The first-order chi connectivity index (χ1) is 13.5. The van der Waals surface area contributed by atoms with Crippen LogP contribution in [0.15, 0.2) is 18.3 Å². The predicted molar refractivity (Wildman–Crippen MR) is 105 cm³/mol. The second-order valence-corrected chi connectivity index (χ2v) is 5.95. The van der Waals surface area contributed by atoms with Crippen molar-refractivity contribution in [2.75, 3.05) is 22.6 Å². The summed E-state index contributed by atoms with van der Waals surface area (Å²) >= 11 is 0. The summed E-state index contributed by atoms with van der Waals surface area (Å²) in [6.07, 6.45) is 3.35. The summed E-state index contributed by atoms with van der Waals surface area (Å²) < 4.78 is 0. The van der Waals surface area contributed by atoms with Crippen LogP contribution in [0, 0.1) is 11.3 Å². The van der Waals surface area contributed by atoms with Crippen molar-refractivity contribution in [1.29, 1.82) is 5.26 Å². The topological polar surface area (TPSA) is 172 Å². The predicted octanol–water partition coefficient (Wildman–Crippen LogP) is 0.908. The molecule has 0 aromatic carbocycles. The number of hydrazine groups is 1. The third-order valence-electron chi connectivity index (χ3n) is 3.95. The van der Waals surface area contributed by atoms with Gasteiger partial charge < -0.3 is 21.8 Å². The van der Waals surface area contributed by atoms with Crippen molar-refractivity contribution in [1.82, 2.24) is 9.97 Å². The van der Waals surface area contributed by atoms with Gasteiger partial charge >= 0.3 is 0 Å². The monoisotopic (exact) mass is 382 g/mol. The number of rotatable bonds is 9. The lowest BCUT2D eigenvalue weighted by molar-refractivity contribution is -0.114. The summed E-state index contributed by atoms with van der Waals surface area (Å²) in [6, 6.07) is 5.43. The van der Waals surface area contributed by atoms with E-state index in [0.717, 1.165) is 5.56 Å². The number of nitrogen functional groups attached to an aromatic ring is 1. The quantitative estimate of drug-likeness (QED) is 0.183. The standard InChI is InChI=1S/C18H22N8O2/c1-11(28)24-18-12(5-13(7-19)16(10-27)25-18)3-2-4-22-17-6-15(26-21)14(8-20)9-23-17/h5-6,9-10H,2-4,7,19,21H2,1H3,(H2,22,23,26)(H,24,25,28). The average Bonchev–Trinajstić information content (AvgIpc) is 2.70. The maximum atomic E-state index is 11.4. The molecule has 2 aromatic rings. The molecule has 2 aromatic heterocycles. The first-order valence-corrected chi connectivity index (χ1v) is 8.58. The summed E-state index contributed by atoms with van der Waals surface area (Å²) in [5.74, 6) is 6.06. The van der Waals surface area contributed by atoms with Crippen LogP contribution in [0.4, 0.5) is 17.3 Å². The molecular formula is C18H22N8O2. The fourth-order valence-corrected chi connectivity index (χ4v) is 2.60. The maximum Gasteiger partial charge on any atom is 0.222 e. The van der Waals surface area contributed by atoms with Gasteiger partial charge in [-0.2, -0.15) is 5.26 Å². The molecule has 0 unspecified atom stereocenters. The third kappa shape index (κ3) is 5.23. The molecule has 0 atom stereocenters. The summed E-state index contributed by atoms with van der Waals surface area (Å²) in [5, 5.41) is 14.8. The first kappa shape index (κ1) is 20.8. The van der Waals surface area contributed by atoms with Crippen LogP contribution in [0.3, 0.4) is 0 Å². The Hall–Kier alpha value is -3.55. The van der Waals surface area contributed by atoms with E-state index in [1.807, 2.05) is 6.07 Å². The summed E-state index contributed by atoms with van der Waals surface area (Å²) in [7, 11) is 0. The molecule has 1 amide bonds. The Bertz CT molecular complexity index is 907. The summed E-state index contributed by atoms with van der Waals surface area (Å²) in [5.41, 5.74) is 10.6. The van der Waals surface area contributed by atoms with Gasteiger partial charge in [0.25, 0.3) is 0 Å². The lowest BCUT2D eigenvalue weighted by Gasteiger charge is -2.13. The Morgan fingerprint density at radius 3 is 2.75 bits per heavy atom. The highest BCUT2D eigenvalue weighted by atomic mass is 16.1. The van der Waals surface area contributed by atoms with Crippen LogP contribution in [0.5, 0.6) is 0 Å². The fourth-order valence-electron chi connectivity index (χ4n) is 2.60. The maximum absolute atomic E-state index is 11.4. The van der Waals surface area contributed by atoms with Gasteiger partial charge in [-0.25, -0.2) is 9.97 Å². The number of nitrogens with one attached hydrogen (secondary N) is 3. The number of nitrogens with two attached hydrogens (primary N) is 2. The van der Waals surface area contributed by atoms with Gasteiger partial charge in [0.1, 0.15) is 23.4 Å². The smallest absolute Gasteiger partial charge is 0.222 e. The number of anilines is 3. The van der Waals surface area contributed by atoms with Crippen LogP contribution < -0.4 is 27.6 Å². The molecular weight excluding hydrogens is 360 g/mol. The van der Waals surface area contributed by atoms with Crippen LogP contribution >= 0.6 is 0 Å². The SMILES string of the molecule is CC(=O)Nc1nc(C=O)c(CN)cc1CCCNc1cc(NN)c(C#N)cn1. The number of hydrogen-bond donors (Lipinski definition) is 5. The van der Waals surface area contributed by atoms with Gasteiger partial charge in [0.15, 0.2) is 6.29 Å². The minimum absolute atomic E-state index is 0.177. The highest BCUT2D eigenvalue weighted by molar-refractivity contribution is 5.89. The Balaban J connectivity index is 2.06. The number of carbonyl (C=O) groups excluding carboxylic acids is 2. The number of aldehydes is 1. The van der Waals surface area contributed by atoms with Crippen molar-refractivity contribution in [3.05, 3.63) is 40.7 Å². The van der Waals surface area contributed by atoms with Crippen LogP contribution in [0.2, 0.25) is 0 Å². The zero-order valence-corrected chi connectivity index (χ0v) is 15.5. The minimum atomic E-state index is -0.271. The zero-order valence-electron chi connectivity index (χ0n) is 15.5. The second kappa shape index (κ2) is 9.96. The molecule has 0 saturated heterocycles. The molecule has 146 valence electrons. The Kier molecular flexibility index (Phi) is 7.38. The number of pyridine rings is 2. The molecule has 0 radical (unpaired) electrons. The van der Waals surface area contributed by atoms with E-state index in [1.54, 1.807) is 12.1 Å². The number of aromatic nitrogens is 2. The molecule has 0 aliphatic carbocycles. The fraction of sp³-hybridized carbons (Fsp3) is 0.278. The molecule has 28 heavy (non-hydrogen) atoms. The van der Waals surface area contributed by atoms with E-state index in [0.29, 0.717) is 54.1 Å². The zero-order chi connectivity index (χ0) is 20.5. The van der Waals surface area contributed by atoms with E-state index in [9.17, 15) is 9.59 Å². The average molecular weight is 382 g/mol. The molecule has 2 heterocycles. The number of hydrogen-bond acceptors (Lipinski definition) is 9. The van der Waals surface area contributed by atoms with Gasteiger partial charge in [-0.15, -0.1) is 0 Å². The van der Waals surface area contributed by atoms with Crippen LogP contribution in [0.25, 0.3) is 0 Å². The Morgan fingerprint density at radius 1 is 1.36 bits per heavy atom. The van der Waals surface area contributed by atoms with Crippen molar-refractivity contribution in [2.24, 2.45) is 11.6 Å². The van der Waals surface area contributed by atoms with Crippen molar-refractivity contribution in [2.45, 2.75) is 26.3 Å². The summed E-state index contributed by atoms with van der Waals surface area (Å²) in [6.45, 7) is 2.14.